The maximum atomic E-state index is 10.4. The number of phenolic OH excluding ortho intramolecular Hbond substituents is 3. The van der Waals surface area contributed by atoms with Gasteiger partial charge in [0, 0.05) is 23.3 Å². The van der Waals surface area contributed by atoms with Crippen LogP contribution in [0.5, 0.6) is 23.0 Å². The van der Waals surface area contributed by atoms with Gasteiger partial charge in [0.2, 0.25) is 0 Å². The molecule has 0 bridgehead atoms. The molecule has 2 aromatic carbocycles. The predicted molar refractivity (Wildman–Crippen MR) is 71.1 cm³/mol. The van der Waals surface area contributed by atoms with Gasteiger partial charge in [0.05, 0.1) is 18.6 Å². The summed E-state index contributed by atoms with van der Waals surface area (Å²) < 4.78 is 5.53. The predicted octanol–water partition coefficient (Wildman–Crippen LogP) is 2.01. The van der Waals surface area contributed by atoms with E-state index in [0.717, 1.165) is 0 Å². The molecule has 0 aromatic heterocycles. The van der Waals surface area contributed by atoms with Crippen LogP contribution in [0.1, 0.15) is 23.1 Å². The Balaban J connectivity index is 1.99. The summed E-state index contributed by atoms with van der Waals surface area (Å²) in [5, 5.41) is 39.0. The summed E-state index contributed by atoms with van der Waals surface area (Å²) in [6.07, 6.45) is -0.852. The minimum atomic E-state index is -0.852. The molecular formula is C15H14O5. The Hall–Kier alpha value is -2.40. The molecule has 2 aromatic rings. The van der Waals surface area contributed by atoms with Crippen molar-refractivity contribution < 1.29 is 25.2 Å². The first kappa shape index (κ1) is 12.6. The first-order chi connectivity index (χ1) is 9.56. The van der Waals surface area contributed by atoms with Crippen LogP contribution in [0.3, 0.4) is 0 Å². The molecule has 1 aliphatic heterocycles. The molecular weight excluding hydrogens is 260 g/mol. The fourth-order valence-electron chi connectivity index (χ4n) is 2.49. The van der Waals surface area contributed by atoms with E-state index in [1.54, 1.807) is 12.1 Å². The zero-order valence-electron chi connectivity index (χ0n) is 10.5. The van der Waals surface area contributed by atoms with Crippen LogP contribution in [0.4, 0.5) is 0 Å². The van der Waals surface area contributed by atoms with Crippen molar-refractivity contribution in [3.8, 4) is 23.0 Å². The van der Waals surface area contributed by atoms with Crippen LogP contribution >= 0.6 is 0 Å². The third-order valence-corrected chi connectivity index (χ3v) is 3.53. The molecule has 0 saturated carbocycles. The molecule has 5 heteroatoms. The van der Waals surface area contributed by atoms with Crippen molar-refractivity contribution in [2.45, 2.75) is 12.0 Å². The normalized spacial score (nSPS) is 21.1. The molecule has 0 fully saturated rings. The second-order valence-electron chi connectivity index (χ2n) is 4.83. The van der Waals surface area contributed by atoms with Crippen LogP contribution in [0.15, 0.2) is 36.4 Å². The topological polar surface area (TPSA) is 90.2 Å². The summed E-state index contributed by atoms with van der Waals surface area (Å²) >= 11 is 0. The highest BCUT2D eigenvalue weighted by molar-refractivity contribution is 5.47. The van der Waals surface area contributed by atoms with Gasteiger partial charge >= 0.3 is 0 Å². The molecule has 20 heavy (non-hydrogen) atoms. The van der Waals surface area contributed by atoms with Crippen LogP contribution < -0.4 is 4.74 Å². The van der Waals surface area contributed by atoms with E-state index in [-0.39, 0.29) is 23.9 Å². The first-order valence-corrected chi connectivity index (χ1v) is 6.22. The number of hydrogen-bond acceptors (Lipinski definition) is 5. The van der Waals surface area contributed by atoms with Gasteiger partial charge in [0.15, 0.2) is 0 Å². The third-order valence-electron chi connectivity index (χ3n) is 3.53. The van der Waals surface area contributed by atoms with Crippen LogP contribution in [0.25, 0.3) is 0 Å². The maximum absolute atomic E-state index is 10.4. The molecule has 0 amide bonds. The highest BCUT2D eigenvalue weighted by atomic mass is 16.5. The lowest BCUT2D eigenvalue weighted by Gasteiger charge is -2.31. The molecule has 1 heterocycles. The molecule has 2 unspecified atom stereocenters. The van der Waals surface area contributed by atoms with E-state index in [0.29, 0.717) is 16.9 Å². The van der Waals surface area contributed by atoms with Gasteiger partial charge < -0.3 is 25.2 Å². The van der Waals surface area contributed by atoms with Crippen molar-refractivity contribution in [1.82, 2.24) is 0 Å². The first-order valence-electron chi connectivity index (χ1n) is 6.22. The summed E-state index contributed by atoms with van der Waals surface area (Å²) in [4.78, 5) is 0. The molecule has 1 aliphatic rings. The lowest BCUT2D eigenvalue weighted by Crippen LogP contribution is -2.24. The van der Waals surface area contributed by atoms with Gasteiger partial charge in [-0.2, -0.15) is 0 Å². The van der Waals surface area contributed by atoms with E-state index in [9.17, 15) is 20.4 Å². The van der Waals surface area contributed by atoms with Crippen LogP contribution in [0, 0.1) is 0 Å². The van der Waals surface area contributed by atoms with Gasteiger partial charge in [-0.3, -0.25) is 0 Å². The van der Waals surface area contributed by atoms with Crippen molar-refractivity contribution >= 4 is 0 Å². The van der Waals surface area contributed by atoms with Gasteiger partial charge in [-0.25, -0.2) is 0 Å². The summed E-state index contributed by atoms with van der Waals surface area (Å²) in [5.74, 6) is -0.0517. The molecule has 0 aliphatic carbocycles. The minimum Gasteiger partial charge on any atom is -0.508 e. The molecule has 4 N–H and O–H groups in total. The van der Waals surface area contributed by atoms with E-state index in [4.69, 9.17) is 4.74 Å². The van der Waals surface area contributed by atoms with E-state index in [1.807, 2.05) is 0 Å². The number of rotatable bonds is 1. The molecule has 5 nitrogen and oxygen atoms in total. The zero-order valence-corrected chi connectivity index (χ0v) is 10.5. The summed E-state index contributed by atoms with van der Waals surface area (Å²) in [6, 6.07) is 8.77. The number of phenols is 3. The molecule has 0 radical (unpaired) electrons. The highest BCUT2D eigenvalue weighted by Crippen LogP contribution is 2.44. The lowest BCUT2D eigenvalue weighted by atomic mass is 9.87. The Morgan fingerprint density at radius 1 is 0.900 bits per heavy atom. The fraction of sp³-hybridized carbons (Fsp3) is 0.200. The molecule has 104 valence electrons. The smallest absolute Gasteiger partial charge is 0.128 e. The fourth-order valence-corrected chi connectivity index (χ4v) is 2.49. The quantitative estimate of drug-likeness (QED) is 0.638. The van der Waals surface area contributed by atoms with Crippen molar-refractivity contribution in [3.63, 3.8) is 0 Å². The average Bonchev–Trinajstić information content (AvgIpc) is 2.40. The number of aliphatic hydroxyl groups excluding tert-OH is 1. The Labute approximate surface area is 115 Å². The summed E-state index contributed by atoms with van der Waals surface area (Å²) in [7, 11) is 0. The maximum Gasteiger partial charge on any atom is 0.128 e. The zero-order chi connectivity index (χ0) is 14.3. The van der Waals surface area contributed by atoms with Gasteiger partial charge in [-0.15, -0.1) is 0 Å². The monoisotopic (exact) mass is 274 g/mol. The number of aliphatic hydroxyl groups is 1. The molecule has 0 spiro atoms. The number of ether oxygens (including phenoxy) is 1. The van der Waals surface area contributed by atoms with Crippen molar-refractivity contribution in [1.29, 1.82) is 0 Å². The van der Waals surface area contributed by atoms with Crippen molar-refractivity contribution in [2.75, 3.05) is 6.61 Å². The second-order valence-corrected chi connectivity index (χ2v) is 4.83. The Morgan fingerprint density at radius 3 is 2.25 bits per heavy atom. The average molecular weight is 274 g/mol. The summed E-state index contributed by atoms with van der Waals surface area (Å²) in [6.45, 7) is 0.177. The van der Waals surface area contributed by atoms with Gasteiger partial charge in [-0.1, -0.05) is 6.07 Å². The van der Waals surface area contributed by atoms with Crippen LogP contribution in [-0.4, -0.2) is 27.0 Å². The third kappa shape index (κ3) is 2.02. The molecule has 3 rings (SSSR count). The van der Waals surface area contributed by atoms with Gasteiger partial charge in [0.25, 0.3) is 0 Å². The van der Waals surface area contributed by atoms with Gasteiger partial charge in [-0.05, 0) is 18.2 Å². The van der Waals surface area contributed by atoms with E-state index >= 15 is 0 Å². The SMILES string of the molecule is Oc1ccc(C2COc3cc(O)ccc3C2O)c(O)c1. The van der Waals surface area contributed by atoms with E-state index in [1.165, 1.54) is 24.3 Å². The number of fused-ring (bicyclic) bond motifs is 1. The second kappa shape index (κ2) is 4.61. The van der Waals surface area contributed by atoms with E-state index in [2.05, 4.69) is 0 Å². The standard InChI is InChI=1S/C15H14O5/c16-8-1-3-10(13(18)5-8)12-7-20-14-6-9(17)2-4-11(14)15(12)19/h1-6,12,15-19H,7H2. The Kier molecular flexibility index (Phi) is 2.91. The Morgan fingerprint density at radius 2 is 1.55 bits per heavy atom. The van der Waals surface area contributed by atoms with E-state index < -0.39 is 12.0 Å². The minimum absolute atomic E-state index is 0.0391. The van der Waals surface area contributed by atoms with Crippen molar-refractivity contribution in [3.05, 3.63) is 47.5 Å². The van der Waals surface area contributed by atoms with Gasteiger partial charge in [0.1, 0.15) is 23.0 Å². The summed E-state index contributed by atoms with van der Waals surface area (Å²) in [5.41, 5.74) is 1.07. The Bertz CT molecular complexity index is 653. The number of hydrogen-bond donors (Lipinski definition) is 4. The lowest BCUT2D eigenvalue weighted by molar-refractivity contribution is 0.0875. The number of aromatic hydroxyl groups is 3. The highest BCUT2D eigenvalue weighted by Gasteiger charge is 2.32. The molecule has 0 saturated heterocycles. The largest absolute Gasteiger partial charge is 0.508 e. The van der Waals surface area contributed by atoms with Crippen LogP contribution in [0.2, 0.25) is 0 Å². The number of benzene rings is 2. The van der Waals surface area contributed by atoms with Crippen LogP contribution in [-0.2, 0) is 0 Å². The van der Waals surface area contributed by atoms with Crippen molar-refractivity contribution in [2.24, 2.45) is 0 Å². The molecule has 2 atom stereocenters.